The molecule has 19 heavy (non-hydrogen) atoms. The lowest BCUT2D eigenvalue weighted by molar-refractivity contribution is 1.05. The third kappa shape index (κ3) is 2.37. The van der Waals surface area contributed by atoms with Crippen molar-refractivity contribution in [3.8, 4) is 16.9 Å². The number of halogens is 1. The molecule has 2 N–H and O–H groups in total. The average molecular weight is 315 g/mol. The number of rotatable bonds is 2. The third-order valence-corrected chi connectivity index (χ3v) is 3.36. The number of imidazole rings is 1. The molecule has 2 heterocycles. The van der Waals surface area contributed by atoms with Gasteiger partial charge in [0.1, 0.15) is 5.82 Å². The van der Waals surface area contributed by atoms with Crippen LogP contribution in [0.1, 0.15) is 0 Å². The summed E-state index contributed by atoms with van der Waals surface area (Å²) in [7, 11) is 0. The minimum atomic E-state index is 0.508. The van der Waals surface area contributed by atoms with Crippen LogP contribution in [0.3, 0.4) is 0 Å². The summed E-state index contributed by atoms with van der Waals surface area (Å²) in [6.45, 7) is 0. The lowest BCUT2D eigenvalue weighted by atomic mass is 10.1. The van der Waals surface area contributed by atoms with Gasteiger partial charge in [0, 0.05) is 10.0 Å². The fraction of sp³-hybridized carbons (Fsp3) is 0. The zero-order valence-corrected chi connectivity index (χ0v) is 11.6. The number of nitrogen functional groups attached to an aromatic ring is 1. The number of benzene rings is 1. The molecule has 0 amide bonds. The highest BCUT2D eigenvalue weighted by molar-refractivity contribution is 9.10. The van der Waals surface area contributed by atoms with Crippen molar-refractivity contribution in [2.75, 3.05) is 5.73 Å². The molecule has 3 rings (SSSR count). The van der Waals surface area contributed by atoms with Crippen molar-refractivity contribution in [3.05, 3.63) is 59.6 Å². The van der Waals surface area contributed by atoms with Crippen molar-refractivity contribution in [1.82, 2.24) is 14.5 Å². The van der Waals surface area contributed by atoms with Crippen molar-refractivity contribution in [3.63, 3.8) is 0 Å². The Kier molecular flexibility index (Phi) is 3.05. The van der Waals surface area contributed by atoms with Crippen molar-refractivity contribution in [2.45, 2.75) is 0 Å². The Morgan fingerprint density at radius 3 is 2.47 bits per heavy atom. The predicted molar refractivity (Wildman–Crippen MR) is 78.9 cm³/mol. The summed E-state index contributed by atoms with van der Waals surface area (Å²) in [5, 5.41) is 0. The molecular formula is C14H11BrN4. The van der Waals surface area contributed by atoms with Gasteiger partial charge in [-0.2, -0.15) is 0 Å². The minimum absolute atomic E-state index is 0.508. The highest BCUT2D eigenvalue weighted by Gasteiger charge is 2.07. The van der Waals surface area contributed by atoms with E-state index in [1.807, 2.05) is 41.1 Å². The summed E-state index contributed by atoms with van der Waals surface area (Å²) in [5.74, 6) is 0.508. The molecule has 0 aliphatic carbocycles. The molecule has 0 saturated carbocycles. The van der Waals surface area contributed by atoms with E-state index < -0.39 is 0 Å². The molecule has 0 radical (unpaired) electrons. The molecule has 5 heteroatoms. The van der Waals surface area contributed by atoms with Gasteiger partial charge in [-0.3, -0.25) is 4.57 Å². The van der Waals surface area contributed by atoms with Gasteiger partial charge < -0.3 is 5.73 Å². The molecule has 0 saturated heterocycles. The minimum Gasteiger partial charge on any atom is -0.384 e. The molecule has 94 valence electrons. The van der Waals surface area contributed by atoms with Crippen molar-refractivity contribution in [2.24, 2.45) is 0 Å². The van der Waals surface area contributed by atoms with E-state index in [0.717, 1.165) is 21.4 Å². The molecule has 0 unspecified atom stereocenters. The molecule has 0 fully saturated rings. The Hall–Kier alpha value is -2.14. The van der Waals surface area contributed by atoms with Crippen LogP contribution in [-0.2, 0) is 0 Å². The second kappa shape index (κ2) is 4.85. The Labute approximate surface area is 119 Å². The van der Waals surface area contributed by atoms with Crippen LogP contribution in [0.25, 0.3) is 16.9 Å². The predicted octanol–water partition coefficient (Wildman–Crippen LogP) is 3.28. The lowest BCUT2D eigenvalue weighted by Crippen LogP contribution is -1.97. The normalized spacial score (nSPS) is 10.6. The van der Waals surface area contributed by atoms with Crippen LogP contribution in [0.4, 0.5) is 5.82 Å². The van der Waals surface area contributed by atoms with Gasteiger partial charge in [-0.15, -0.1) is 0 Å². The molecule has 4 nitrogen and oxygen atoms in total. The number of anilines is 1. The number of nitrogens with two attached hydrogens (primary N) is 1. The van der Waals surface area contributed by atoms with Crippen LogP contribution >= 0.6 is 15.9 Å². The zero-order chi connectivity index (χ0) is 13.2. The van der Waals surface area contributed by atoms with Crippen LogP contribution in [0, 0.1) is 0 Å². The van der Waals surface area contributed by atoms with E-state index >= 15 is 0 Å². The third-order valence-electron chi connectivity index (χ3n) is 2.83. The van der Waals surface area contributed by atoms with Crippen LogP contribution in [-0.4, -0.2) is 14.5 Å². The Morgan fingerprint density at radius 1 is 1.00 bits per heavy atom. The maximum atomic E-state index is 5.60. The van der Waals surface area contributed by atoms with E-state index in [0.29, 0.717) is 5.82 Å². The molecule has 0 aliphatic heterocycles. The van der Waals surface area contributed by atoms with E-state index in [4.69, 9.17) is 5.73 Å². The molecular weight excluding hydrogens is 304 g/mol. The molecule has 1 aromatic carbocycles. The summed E-state index contributed by atoms with van der Waals surface area (Å²) in [5.41, 5.74) is 8.65. The molecule has 0 atom stereocenters. The molecule has 2 aromatic heterocycles. The summed E-state index contributed by atoms with van der Waals surface area (Å²) in [4.78, 5) is 8.32. The average Bonchev–Trinajstić information content (AvgIpc) is 2.90. The second-order valence-electron chi connectivity index (χ2n) is 4.10. The Morgan fingerprint density at radius 2 is 1.79 bits per heavy atom. The van der Waals surface area contributed by atoms with Gasteiger partial charge in [0.05, 0.1) is 30.1 Å². The van der Waals surface area contributed by atoms with Crippen LogP contribution in [0.5, 0.6) is 0 Å². The summed E-state index contributed by atoms with van der Waals surface area (Å²) >= 11 is 3.43. The highest BCUT2D eigenvalue weighted by atomic mass is 79.9. The zero-order valence-electron chi connectivity index (χ0n) is 9.99. The number of pyridine rings is 1. The number of aromatic nitrogens is 3. The topological polar surface area (TPSA) is 56.7 Å². The maximum Gasteiger partial charge on any atom is 0.123 e. The van der Waals surface area contributed by atoms with Crippen molar-refractivity contribution >= 4 is 21.7 Å². The van der Waals surface area contributed by atoms with Gasteiger partial charge in [-0.25, -0.2) is 9.97 Å². The fourth-order valence-electron chi connectivity index (χ4n) is 1.88. The van der Waals surface area contributed by atoms with Crippen molar-refractivity contribution < 1.29 is 0 Å². The van der Waals surface area contributed by atoms with Gasteiger partial charge in [0.2, 0.25) is 0 Å². The summed E-state index contributed by atoms with van der Waals surface area (Å²) in [6, 6.07) is 11.8. The van der Waals surface area contributed by atoms with Crippen LogP contribution in [0.2, 0.25) is 0 Å². The molecule has 0 bridgehead atoms. The van der Waals surface area contributed by atoms with Crippen LogP contribution in [0.15, 0.2) is 59.6 Å². The first kappa shape index (κ1) is 11.9. The Balaban J connectivity index is 2.07. The summed E-state index contributed by atoms with van der Waals surface area (Å²) in [6.07, 6.45) is 5.34. The first-order valence-corrected chi connectivity index (χ1v) is 6.53. The highest BCUT2D eigenvalue weighted by Crippen LogP contribution is 2.24. The lowest BCUT2D eigenvalue weighted by Gasteiger charge is -2.08. The van der Waals surface area contributed by atoms with E-state index in [1.165, 1.54) is 0 Å². The SMILES string of the molecule is Nc1ccc(-n2cncc2-c2ccc(Br)cc2)cn1. The van der Waals surface area contributed by atoms with Gasteiger partial charge in [0.25, 0.3) is 0 Å². The van der Waals surface area contributed by atoms with Crippen molar-refractivity contribution in [1.29, 1.82) is 0 Å². The van der Waals surface area contributed by atoms with Gasteiger partial charge >= 0.3 is 0 Å². The van der Waals surface area contributed by atoms with E-state index in [2.05, 4.69) is 25.9 Å². The van der Waals surface area contributed by atoms with E-state index in [9.17, 15) is 0 Å². The van der Waals surface area contributed by atoms with E-state index in [1.54, 1.807) is 18.6 Å². The first-order chi connectivity index (χ1) is 9.24. The number of hydrogen-bond donors (Lipinski definition) is 1. The second-order valence-corrected chi connectivity index (χ2v) is 5.01. The fourth-order valence-corrected chi connectivity index (χ4v) is 2.14. The number of nitrogens with zero attached hydrogens (tertiary/aromatic N) is 3. The van der Waals surface area contributed by atoms with E-state index in [-0.39, 0.29) is 0 Å². The van der Waals surface area contributed by atoms with Gasteiger partial charge in [-0.1, -0.05) is 28.1 Å². The van der Waals surface area contributed by atoms with Gasteiger partial charge in [-0.05, 0) is 24.3 Å². The summed E-state index contributed by atoms with van der Waals surface area (Å²) < 4.78 is 3.03. The maximum absolute atomic E-state index is 5.60. The first-order valence-electron chi connectivity index (χ1n) is 5.74. The molecule has 0 aliphatic rings. The monoisotopic (exact) mass is 314 g/mol. The van der Waals surface area contributed by atoms with Crippen LogP contribution < -0.4 is 5.73 Å². The smallest absolute Gasteiger partial charge is 0.123 e. The quantitative estimate of drug-likeness (QED) is 0.789. The van der Waals surface area contributed by atoms with Gasteiger partial charge in [0.15, 0.2) is 0 Å². The largest absolute Gasteiger partial charge is 0.384 e. The Bertz CT molecular complexity index is 626. The molecule has 0 spiro atoms. The number of hydrogen-bond acceptors (Lipinski definition) is 3. The standard InChI is InChI=1S/C14H11BrN4/c15-11-3-1-10(2-4-11)13-8-17-9-19(13)12-5-6-14(16)18-7-12/h1-9H,(H2,16,18). The molecule has 3 aromatic rings.